The quantitative estimate of drug-likeness (QED) is 0.866. The number of nitrogens with one attached hydrogen (secondary N) is 1. The first-order chi connectivity index (χ1) is 8.29. The Balaban J connectivity index is 2.43. The molecular formula is C11H11ClFNO3S. The van der Waals surface area contributed by atoms with Gasteiger partial charge in [0.15, 0.2) is 0 Å². The first kappa shape index (κ1) is 13.3. The van der Waals surface area contributed by atoms with Gasteiger partial charge in [-0.15, -0.1) is 0 Å². The molecule has 2 rings (SSSR count). The van der Waals surface area contributed by atoms with Crippen LogP contribution in [0.15, 0.2) is 17.0 Å². The minimum absolute atomic E-state index is 0.0673. The molecule has 4 nitrogen and oxygen atoms in total. The van der Waals surface area contributed by atoms with Crippen LogP contribution in [0.4, 0.5) is 4.39 Å². The second-order valence-electron chi connectivity index (χ2n) is 4.29. The molecule has 1 aliphatic carbocycles. The molecule has 1 amide bonds. The summed E-state index contributed by atoms with van der Waals surface area (Å²) >= 11 is 0. The van der Waals surface area contributed by atoms with Gasteiger partial charge < -0.3 is 5.32 Å². The molecule has 1 N–H and O–H groups in total. The maximum atomic E-state index is 13.6. The van der Waals surface area contributed by atoms with E-state index in [4.69, 9.17) is 10.7 Å². The maximum absolute atomic E-state index is 13.6. The molecule has 0 spiro atoms. The van der Waals surface area contributed by atoms with E-state index in [0.29, 0.717) is 0 Å². The number of rotatable bonds is 3. The molecule has 1 aliphatic rings. The van der Waals surface area contributed by atoms with E-state index >= 15 is 0 Å². The van der Waals surface area contributed by atoms with E-state index in [1.165, 1.54) is 13.0 Å². The number of carbonyl (C=O) groups excluding carboxylic acids is 1. The van der Waals surface area contributed by atoms with Gasteiger partial charge in [-0.2, -0.15) is 0 Å². The van der Waals surface area contributed by atoms with Gasteiger partial charge in [-0.25, -0.2) is 12.8 Å². The Morgan fingerprint density at radius 2 is 2.06 bits per heavy atom. The van der Waals surface area contributed by atoms with E-state index in [2.05, 4.69) is 5.32 Å². The Bertz CT molecular complexity index is 611. The van der Waals surface area contributed by atoms with Gasteiger partial charge in [0.1, 0.15) is 10.7 Å². The number of carbonyl (C=O) groups is 1. The largest absolute Gasteiger partial charge is 0.349 e. The molecule has 0 heterocycles. The predicted molar refractivity (Wildman–Crippen MR) is 64.7 cm³/mol. The molecule has 0 aromatic heterocycles. The monoisotopic (exact) mass is 291 g/mol. The van der Waals surface area contributed by atoms with Gasteiger partial charge in [0.05, 0.1) is 0 Å². The molecule has 7 heteroatoms. The van der Waals surface area contributed by atoms with Gasteiger partial charge >= 0.3 is 0 Å². The zero-order valence-electron chi connectivity index (χ0n) is 9.54. The van der Waals surface area contributed by atoms with Crippen LogP contribution in [0.25, 0.3) is 0 Å². The number of aryl methyl sites for hydroxylation is 1. The number of benzene rings is 1. The van der Waals surface area contributed by atoms with Crippen molar-refractivity contribution in [2.24, 2.45) is 0 Å². The number of hydrogen-bond donors (Lipinski definition) is 1. The highest BCUT2D eigenvalue weighted by molar-refractivity contribution is 8.13. The van der Waals surface area contributed by atoms with Crippen molar-refractivity contribution in [1.82, 2.24) is 5.32 Å². The molecule has 0 atom stereocenters. The molecule has 1 fully saturated rings. The van der Waals surface area contributed by atoms with Crippen LogP contribution in [-0.2, 0) is 9.05 Å². The highest BCUT2D eigenvalue weighted by atomic mass is 35.7. The van der Waals surface area contributed by atoms with Gasteiger partial charge in [-0.1, -0.05) is 0 Å². The van der Waals surface area contributed by atoms with E-state index < -0.39 is 25.7 Å². The smallest absolute Gasteiger partial charge is 0.264 e. The second kappa shape index (κ2) is 4.51. The molecule has 0 radical (unpaired) electrons. The number of hydrogen-bond acceptors (Lipinski definition) is 3. The van der Waals surface area contributed by atoms with Gasteiger partial charge in [0.25, 0.3) is 15.0 Å². The molecule has 18 heavy (non-hydrogen) atoms. The first-order valence-electron chi connectivity index (χ1n) is 5.34. The Morgan fingerprint density at radius 3 is 2.56 bits per heavy atom. The lowest BCUT2D eigenvalue weighted by atomic mass is 10.1. The van der Waals surface area contributed by atoms with Crippen LogP contribution in [0.2, 0.25) is 0 Å². The van der Waals surface area contributed by atoms with E-state index in [9.17, 15) is 17.6 Å². The summed E-state index contributed by atoms with van der Waals surface area (Å²) < 4.78 is 36.0. The SMILES string of the molecule is Cc1cc(C(=O)NC2CC2)cc(S(=O)(=O)Cl)c1F. The summed E-state index contributed by atoms with van der Waals surface area (Å²) in [6.07, 6.45) is 1.82. The molecule has 1 aromatic carbocycles. The van der Waals surface area contributed by atoms with Gasteiger partial charge in [-0.05, 0) is 37.5 Å². The summed E-state index contributed by atoms with van der Waals surface area (Å²) in [5, 5.41) is 2.70. The Labute approximate surface area is 109 Å². The average Bonchev–Trinajstić information content (AvgIpc) is 3.03. The fourth-order valence-corrected chi connectivity index (χ4v) is 2.52. The van der Waals surface area contributed by atoms with Crippen molar-refractivity contribution in [1.29, 1.82) is 0 Å². The normalized spacial score (nSPS) is 15.5. The van der Waals surface area contributed by atoms with Crippen molar-refractivity contribution in [3.63, 3.8) is 0 Å². The zero-order valence-corrected chi connectivity index (χ0v) is 11.1. The van der Waals surface area contributed by atoms with Gasteiger partial charge in [0, 0.05) is 22.3 Å². The molecule has 0 saturated heterocycles. The third kappa shape index (κ3) is 2.81. The van der Waals surface area contributed by atoms with Crippen molar-refractivity contribution in [3.05, 3.63) is 29.1 Å². The molecule has 98 valence electrons. The summed E-state index contributed by atoms with van der Waals surface area (Å²) in [4.78, 5) is 11.1. The lowest BCUT2D eigenvalue weighted by molar-refractivity contribution is 0.0950. The highest BCUT2D eigenvalue weighted by Gasteiger charge is 2.26. The van der Waals surface area contributed by atoms with Crippen molar-refractivity contribution >= 4 is 25.6 Å². The van der Waals surface area contributed by atoms with E-state index in [1.54, 1.807) is 0 Å². The lowest BCUT2D eigenvalue weighted by Crippen LogP contribution is -2.25. The lowest BCUT2D eigenvalue weighted by Gasteiger charge is -2.08. The zero-order chi connectivity index (χ0) is 13.5. The summed E-state index contributed by atoms with van der Waals surface area (Å²) in [7, 11) is 0.923. The third-order valence-corrected chi connectivity index (χ3v) is 3.98. The summed E-state index contributed by atoms with van der Waals surface area (Å²) in [5.41, 5.74) is 0.165. The van der Waals surface area contributed by atoms with Crippen molar-refractivity contribution in [2.75, 3.05) is 0 Å². The van der Waals surface area contributed by atoms with Crippen LogP contribution in [0, 0.1) is 12.7 Å². The van der Waals surface area contributed by atoms with Gasteiger partial charge in [0.2, 0.25) is 0 Å². The fraction of sp³-hybridized carbons (Fsp3) is 0.364. The van der Waals surface area contributed by atoms with Crippen molar-refractivity contribution < 1.29 is 17.6 Å². The Morgan fingerprint density at radius 1 is 1.44 bits per heavy atom. The van der Waals surface area contributed by atoms with E-state index in [0.717, 1.165) is 18.9 Å². The molecule has 1 aromatic rings. The molecule has 0 aliphatic heterocycles. The maximum Gasteiger partial charge on any atom is 0.264 e. The highest BCUT2D eigenvalue weighted by Crippen LogP contribution is 2.24. The van der Waals surface area contributed by atoms with Crippen LogP contribution in [0.3, 0.4) is 0 Å². The average molecular weight is 292 g/mol. The van der Waals surface area contributed by atoms with Crippen molar-refractivity contribution in [2.45, 2.75) is 30.7 Å². The fourth-order valence-electron chi connectivity index (χ4n) is 1.54. The molecule has 1 saturated carbocycles. The number of halogens is 2. The third-order valence-electron chi connectivity index (χ3n) is 2.66. The van der Waals surface area contributed by atoms with Crippen LogP contribution >= 0.6 is 10.7 Å². The van der Waals surface area contributed by atoms with Crippen molar-refractivity contribution in [3.8, 4) is 0 Å². The van der Waals surface area contributed by atoms with Crippen LogP contribution in [0.1, 0.15) is 28.8 Å². The summed E-state index contributed by atoms with van der Waals surface area (Å²) in [5.74, 6) is -1.34. The van der Waals surface area contributed by atoms with Crippen LogP contribution < -0.4 is 5.32 Å². The minimum atomic E-state index is -4.21. The molecule has 0 bridgehead atoms. The van der Waals surface area contributed by atoms with Gasteiger partial charge in [-0.3, -0.25) is 4.79 Å². The molecular weight excluding hydrogens is 281 g/mol. The van der Waals surface area contributed by atoms with E-state index in [-0.39, 0.29) is 17.2 Å². The van der Waals surface area contributed by atoms with Crippen LogP contribution in [0.5, 0.6) is 0 Å². The van der Waals surface area contributed by atoms with E-state index in [1.807, 2.05) is 0 Å². The summed E-state index contributed by atoms with van der Waals surface area (Å²) in [6.45, 7) is 1.38. The minimum Gasteiger partial charge on any atom is -0.349 e. The number of amides is 1. The summed E-state index contributed by atoms with van der Waals surface area (Å²) in [6, 6.07) is 2.40. The van der Waals surface area contributed by atoms with Crippen LogP contribution in [-0.4, -0.2) is 20.4 Å². The topological polar surface area (TPSA) is 63.2 Å². The standard InChI is InChI=1S/C11H11ClFNO3S/c1-6-4-7(11(15)14-8-2-3-8)5-9(10(6)13)18(12,16)17/h4-5,8H,2-3H2,1H3,(H,14,15). The Kier molecular flexibility index (Phi) is 3.33. The Hall–Kier alpha value is -1.14. The first-order valence-corrected chi connectivity index (χ1v) is 7.65. The molecule has 0 unspecified atom stereocenters. The predicted octanol–water partition coefficient (Wildman–Crippen LogP) is 1.95. The second-order valence-corrected chi connectivity index (χ2v) is 6.83.